The number of carbonyl (C=O) groups excluding carboxylic acids is 2. The molecule has 0 spiro atoms. The Morgan fingerprint density at radius 3 is 2.74 bits per heavy atom. The molecule has 0 aliphatic carbocycles. The highest BCUT2D eigenvalue weighted by atomic mass is 16.3. The number of aromatic hydroxyl groups is 1. The van der Waals surface area contributed by atoms with E-state index in [9.17, 15) is 14.7 Å². The number of amides is 2. The van der Waals surface area contributed by atoms with Gasteiger partial charge < -0.3 is 15.3 Å². The third-order valence-electron chi connectivity index (χ3n) is 3.64. The van der Waals surface area contributed by atoms with E-state index in [4.69, 9.17) is 0 Å². The molecule has 19 heavy (non-hydrogen) atoms. The zero-order valence-corrected chi connectivity index (χ0v) is 11.1. The highest BCUT2D eigenvalue weighted by molar-refractivity contribution is 5.89. The van der Waals surface area contributed by atoms with Gasteiger partial charge in [-0.05, 0) is 13.0 Å². The third kappa shape index (κ3) is 2.70. The molecule has 2 unspecified atom stereocenters. The lowest BCUT2D eigenvalue weighted by Crippen LogP contribution is -2.35. The normalized spacial score (nSPS) is 19.9. The smallest absolute Gasteiger partial charge is 0.228 e. The number of carbonyl (C=O) groups is 2. The number of nitrogens with zero attached hydrogens (tertiary/aromatic N) is 1. The molecule has 2 rings (SSSR count). The predicted octanol–water partition coefficient (Wildman–Crippen LogP) is 1.05. The van der Waals surface area contributed by atoms with Gasteiger partial charge in [0.15, 0.2) is 0 Å². The predicted molar refractivity (Wildman–Crippen MR) is 70.4 cm³/mol. The lowest BCUT2D eigenvalue weighted by Gasteiger charge is -2.27. The van der Waals surface area contributed by atoms with E-state index < -0.39 is 0 Å². The average molecular weight is 262 g/mol. The summed E-state index contributed by atoms with van der Waals surface area (Å²) in [6.07, 6.45) is 0.247. The van der Waals surface area contributed by atoms with Gasteiger partial charge in [0.1, 0.15) is 5.75 Å². The number of phenolic OH excluding ortho intramolecular Hbond substituents is 1. The van der Waals surface area contributed by atoms with Crippen LogP contribution in [0.15, 0.2) is 24.3 Å². The maximum atomic E-state index is 12.3. The van der Waals surface area contributed by atoms with Crippen molar-refractivity contribution in [3.05, 3.63) is 29.8 Å². The molecule has 1 aliphatic rings. The summed E-state index contributed by atoms with van der Waals surface area (Å²) in [5.74, 6) is -0.280. The van der Waals surface area contributed by atoms with E-state index in [1.165, 1.54) is 0 Å². The summed E-state index contributed by atoms with van der Waals surface area (Å²) in [4.78, 5) is 25.0. The van der Waals surface area contributed by atoms with Crippen molar-refractivity contribution in [2.75, 3.05) is 13.6 Å². The van der Waals surface area contributed by atoms with Crippen molar-refractivity contribution in [2.45, 2.75) is 19.4 Å². The van der Waals surface area contributed by atoms with Crippen molar-refractivity contribution in [1.82, 2.24) is 10.2 Å². The van der Waals surface area contributed by atoms with Gasteiger partial charge >= 0.3 is 0 Å². The number of benzene rings is 1. The van der Waals surface area contributed by atoms with Gasteiger partial charge in [0.25, 0.3) is 0 Å². The lowest BCUT2D eigenvalue weighted by atomic mass is 10.0. The van der Waals surface area contributed by atoms with Crippen LogP contribution in [0.3, 0.4) is 0 Å². The van der Waals surface area contributed by atoms with Crippen molar-refractivity contribution in [1.29, 1.82) is 0 Å². The first-order chi connectivity index (χ1) is 9.00. The van der Waals surface area contributed by atoms with Crippen molar-refractivity contribution < 1.29 is 14.7 Å². The number of phenols is 1. The Balaban J connectivity index is 2.11. The van der Waals surface area contributed by atoms with Crippen LogP contribution in [-0.2, 0) is 9.59 Å². The first kappa shape index (κ1) is 13.4. The molecule has 2 amide bonds. The second kappa shape index (κ2) is 5.30. The highest BCUT2D eigenvalue weighted by Crippen LogP contribution is 2.28. The fourth-order valence-corrected chi connectivity index (χ4v) is 2.31. The van der Waals surface area contributed by atoms with Crippen LogP contribution in [0, 0.1) is 5.92 Å². The topological polar surface area (TPSA) is 69.6 Å². The van der Waals surface area contributed by atoms with Gasteiger partial charge in [-0.15, -0.1) is 0 Å². The first-order valence-corrected chi connectivity index (χ1v) is 6.32. The number of hydrogen-bond donors (Lipinski definition) is 2. The summed E-state index contributed by atoms with van der Waals surface area (Å²) in [6, 6.07) is 6.73. The van der Waals surface area contributed by atoms with Gasteiger partial charge in [-0.1, -0.05) is 18.2 Å². The van der Waals surface area contributed by atoms with Crippen molar-refractivity contribution >= 4 is 11.8 Å². The molecule has 1 saturated heterocycles. The molecule has 1 aromatic carbocycles. The zero-order valence-electron chi connectivity index (χ0n) is 11.1. The lowest BCUT2D eigenvalue weighted by molar-refractivity contribution is -0.136. The molecule has 0 bridgehead atoms. The molecule has 0 saturated carbocycles. The molecule has 1 heterocycles. The largest absolute Gasteiger partial charge is 0.508 e. The summed E-state index contributed by atoms with van der Waals surface area (Å²) in [7, 11) is 1.70. The van der Waals surface area contributed by atoms with Crippen LogP contribution in [0.5, 0.6) is 5.75 Å². The zero-order chi connectivity index (χ0) is 14.0. The molecule has 2 atom stereocenters. The minimum Gasteiger partial charge on any atom is -0.508 e. The molecule has 1 aliphatic heterocycles. The fourth-order valence-electron chi connectivity index (χ4n) is 2.31. The number of para-hydroxylation sites is 1. The Hall–Kier alpha value is -2.04. The Bertz CT molecular complexity index is 501. The van der Waals surface area contributed by atoms with Crippen molar-refractivity contribution in [3.63, 3.8) is 0 Å². The molecule has 2 N–H and O–H groups in total. The van der Waals surface area contributed by atoms with Crippen molar-refractivity contribution in [2.24, 2.45) is 5.92 Å². The van der Waals surface area contributed by atoms with Gasteiger partial charge in [0, 0.05) is 25.6 Å². The van der Waals surface area contributed by atoms with Gasteiger partial charge in [-0.3, -0.25) is 9.59 Å². The van der Waals surface area contributed by atoms with Crippen LogP contribution in [0.25, 0.3) is 0 Å². The summed E-state index contributed by atoms with van der Waals surface area (Å²) in [5.41, 5.74) is 0.704. The van der Waals surface area contributed by atoms with Gasteiger partial charge in [0.2, 0.25) is 11.8 Å². The molecule has 0 radical (unpaired) electrons. The summed E-state index contributed by atoms with van der Waals surface area (Å²) in [6.45, 7) is 2.26. The van der Waals surface area contributed by atoms with E-state index in [-0.39, 0.29) is 35.9 Å². The molecular weight excluding hydrogens is 244 g/mol. The summed E-state index contributed by atoms with van der Waals surface area (Å²) in [5, 5.41) is 12.5. The van der Waals surface area contributed by atoms with Crippen molar-refractivity contribution in [3.8, 4) is 5.75 Å². The molecule has 5 nitrogen and oxygen atoms in total. The van der Waals surface area contributed by atoms with Crippen LogP contribution in [0.2, 0.25) is 0 Å². The second-order valence-electron chi connectivity index (χ2n) is 4.89. The van der Waals surface area contributed by atoms with Gasteiger partial charge in [-0.25, -0.2) is 0 Å². The number of rotatable bonds is 3. The molecule has 5 heteroatoms. The molecular formula is C14H18N2O3. The molecule has 0 aromatic heterocycles. The van der Waals surface area contributed by atoms with E-state index >= 15 is 0 Å². The first-order valence-electron chi connectivity index (χ1n) is 6.32. The Kier molecular flexibility index (Phi) is 3.74. The summed E-state index contributed by atoms with van der Waals surface area (Å²) < 4.78 is 0. The SMILES string of the molecule is CC(c1ccccc1O)N(C)C(=O)C1CNC(=O)C1. The van der Waals surface area contributed by atoms with E-state index in [0.29, 0.717) is 12.1 Å². The maximum Gasteiger partial charge on any atom is 0.228 e. The molecule has 102 valence electrons. The Labute approximate surface area is 112 Å². The maximum absolute atomic E-state index is 12.3. The van der Waals surface area contributed by atoms with Crippen LogP contribution in [0.4, 0.5) is 0 Å². The Morgan fingerprint density at radius 1 is 1.47 bits per heavy atom. The van der Waals surface area contributed by atoms with Gasteiger partial charge in [-0.2, -0.15) is 0 Å². The molecule has 1 fully saturated rings. The number of hydrogen-bond acceptors (Lipinski definition) is 3. The van der Waals surface area contributed by atoms with Gasteiger partial charge in [0.05, 0.1) is 12.0 Å². The quantitative estimate of drug-likeness (QED) is 0.855. The van der Waals surface area contributed by atoms with Crippen LogP contribution < -0.4 is 5.32 Å². The fraction of sp³-hybridized carbons (Fsp3) is 0.429. The summed E-state index contributed by atoms with van der Waals surface area (Å²) >= 11 is 0. The van der Waals surface area contributed by atoms with Crippen LogP contribution in [0.1, 0.15) is 24.9 Å². The number of nitrogens with one attached hydrogen (secondary N) is 1. The standard InChI is InChI=1S/C14H18N2O3/c1-9(11-5-3-4-6-12(11)17)16(2)14(19)10-7-13(18)15-8-10/h3-6,9-10,17H,7-8H2,1-2H3,(H,15,18). The second-order valence-corrected chi connectivity index (χ2v) is 4.89. The Morgan fingerprint density at radius 2 is 2.16 bits per heavy atom. The minimum atomic E-state index is -0.300. The van der Waals surface area contributed by atoms with E-state index in [1.54, 1.807) is 30.1 Å². The van der Waals surface area contributed by atoms with E-state index in [0.717, 1.165) is 0 Å². The monoisotopic (exact) mass is 262 g/mol. The third-order valence-corrected chi connectivity index (χ3v) is 3.64. The van der Waals surface area contributed by atoms with E-state index in [1.807, 2.05) is 13.0 Å². The van der Waals surface area contributed by atoms with E-state index in [2.05, 4.69) is 5.32 Å². The van der Waals surface area contributed by atoms with Crippen LogP contribution >= 0.6 is 0 Å². The molecule has 1 aromatic rings. The average Bonchev–Trinajstić information content (AvgIpc) is 2.83. The highest BCUT2D eigenvalue weighted by Gasteiger charge is 2.32. The van der Waals surface area contributed by atoms with Crippen LogP contribution in [-0.4, -0.2) is 35.4 Å². The minimum absolute atomic E-state index is 0.0749.